The van der Waals surface area contributed by atoms with Gasteiger partial charge in [-0.25, -0.2) is 0 Å². The predicted octanol–water partition coefficient (Wildman–Crippen LogP) is 4.15. The molecule has 0 aromatic heterocycles. The Bertz CT molecular complexity index is 371. The summed E-state index contributed by atoms with van der Waals surface area (Å²) in [7, 11) is 1.69. The number of hydrogen-bond donors (Lipinski definition) is 1. The first kappa shape index (κ1) is 14.5. The van der Waals surface area contributed by atoms with Gasteiger partial charge in [-0.15, -0.1) is 0 Å². The van der Waals surface area contributed by atoms with Crippen LogP contribution in [0.5, 0.6) is 5.75 Å². The van der Waals surface area contributed by atoms with Crippen LogP contribution in [0.3, 0.4) is 0 Å². The summed E-state index contributed by atoms with van der Waals surface area (Å²) in [5.74, 6) is 0.873. The molecule has 0 spiro atoms. The number of nitrogens with one attached hydrogen (secondary N) is 1. The minimum absolute atomic E-state index is 0.185. The summed E-state index contributed by atoms with van der Waals surface area (Å²) in [5, 5.41) is 3.54. The Hall–Kier alpha value is -0.540. The van der Waals surface area contributed by atoms with Crippen molar-refractivity contribution in [3.8, 4) is 5.75 Å². The fourth-order valence-electron chi connectivity index (χ4n) is 1.99. The van der Waals surface area contributed by atoms with Crippen LogP contribution in [0.4, 0.5) is 0 Å². The summed E-state index contributed by atoms with van der Waals surface area (Å²) in [5.41, 5.74) is 1.47. The number of rotatable bonds is 4. The second-order valence-corrected chi connectivity index (χ2v) is 6.11. The van der Waals surface area contributed by atoms with Gasteiger partial charge in [-0.05, 0) is 45.6 Å². The van der Waals surface area contributed by atoms with Gasteiger partial charge in [0.1, 0.15) is 5.75 Å². The van der Waals surface area contributed by atoms with Crippen molar-refractivity contribution in [1.29, 1.82) is 0 Å². The second-order valence-electron chi connectivity index (χ2n) is 5.25. The van der Waals surface area contributed by atoms with Crippen molar-refractivity contribution in [3.63, 3.8) is 0 Å². The van der Waals surface area contributed by atoms with E-state index in [4.69, 9.17) is 4.74 Å². The molecule has 0 amide bonds. The largest absolute Gasteiger partial charge is 0.496 e. The monoisotopic (exact) mass is 299 g/mol. The topological polar surface area (TPSA) is 21.3 Å². The highest BCUT2D eigenvalue weighted by atomic mass is 79.9. The molecule has 17 heavy (non-hydrogen) atoms. The molecular formula is C14H22BrNO. The lowest BCUT2D eigenvalue weighted by molar-refractivity contribution is 0.276. The van der Waals surface area contributed by atoms with E-state index in [1.165, 1.54) is 5.56 Å². The molecule has 0 fully saturated rings. The Kier molecular flexibility index (Phi) is 5.02. The van der Waals surface area contributed by atoms with Gasteiger partial charge >= 0.3 is 0 Å². The molecule has 0 aliphatic carbocycles. The van der Waals surface area contributed by atoms with Gasteiger partial charge in [0.05, 0.1) is 11.6 Å². The first-order valence-electron chi connectivity index (χ1n) is 5.97. The molecule has 1 N–H and O–H groups in total. The SMILES string of the molecule is CCNC(c1ccc(OC)c(Br)c1)C(C)(C)C. The van der Waals surface area contributed by atoms with E-state index in [1.807, 2.05) is 6.07 Å². The smallest absolute Gasteiger partial charge is 0.133 e. The van der Waals surface area contributed by atoms with Crippen molar-refractivity contribution in [2.24, 2.45) is 5.41 Å². The van der Waals surface area contributed by atoms with Crippen LogP contribution >= 0.6 is 15.9 Å². The normalized spacial score (nSPS) is 13.5. The van der Waals surface area contributed by atoms with Crippen molar-refractivity contribution >= 4 is 15.9 Å². The molecule has 0 aliphatic rings. The van der Waals surface area contributed by atoms with Gasteiger partial charge in [0.25, 0.3) is 0 Å². The fourth-order valence-corrected chi connectivity index (χ4v) is 2.55. The molecule has 0 heterocycles. The quantitative estimate of drug-likeness (QED) is 0.901. The number of hydrogen-bond acceptors (Lipinski definition) is 2. The van der Waals surface area contributed by atoms with E-state index in [-0.39, 0.29) is 5.41 Å². The van der Waals surface area contributed by atoms with E-state index in [0.29, 0.717) is 6.04 Å². The maximum atomic E-state index is 5.26. The molecular weight excluding hydrogens is 278 g/mol. The van der Waals surface area contributed by atoms with Crippen LogP contribution in [0.1, 0.15) is 39.3 Å². The maximum absolute atomic E-state index is 5.26. The van der Waals surface area contributed by atoms with Gasteiger partial charge < -0.3 is 10.1 Å². The van der Waals surface area contributed by atoms with E-state index in [1.54, 1.807) is 7.11 Å². The Morgan fingerprint density at radius 3 is 2.41 bits per heavy atom. The van der Waals surface area contributed by atoms with Crippen molar-refractivity contribution in [3.05, 3.63) is 28.2 Å². The highest BCUT2D eigenvalue weighted by molar-refractivity contribution is 9.10. The summed E-state index contributed by atoms with van der Waals surface area (Å²) in [6.45, 7) is 9.85. The van der Waals surface area contributed by atoms with Crippen LogP contribution in [0, 0.1) is 5.41 Å². The minimum atomic E-state index is 0.185. The minimum Gasteiger partial charge on any atom is -0.496 e. The highest BCUT2D eigenvalue weighted by Gasteiger charge is 2.25. The van der Waals surface area contributed by atoms with Gasteiger partial charge in [0.2, 0.25) is 0 Å². The molecule has 96 valence electrons. The average molecular weight is 300 g/mol. The third-order valence-electron chi connectivity index (χ3n) is 2.78. The zero-order valence-corrected chi connectivity index (χ0v) is 12.9. The summed E-state index contributed by atoms with van der Waals surface area (Å²) < 4.78 is 6.26. The zero-order chi connectivity index (χ0) is 13.1. The van der Waals surface area contributed by atoms with E-state index < -0.39 is 0 Å². The Morgan fingerprint density at radius 1 is 1.35 bits per heavy atom. The van der Waals surface area contributed by atoms with Crippen LogP contribution in [0.2, 0.25) is 0 Å². The van der Waals surface area contributed by atoms with Crippen LogP contribution in [0.15, 0.2) is 22.7 Å². The van der Waals surface area contributed by atoms with Crippen LogP contribution in [-0.4, -0.2) is 13.7 Å². The number of ether oxygens (including phenoxy) is 1. The third kappa shape index (κ3) is 3.71. The van der Waals surface area contributed by atoms with Gasteiger partial charge in [-0.1, -0.05) is 33.8 Å². The number of methoxy groups -OCH3 is 1. The molecule has 0 bridgehead atoms. The molecule has 0 radical (unpaired) electrons. The second kappa shape index (κ2) is 5.87. The Morgan fingerprint density at radius 2 is 2.00 bits per heavy atom. The Labute approximate surface area is 113 Å². The van der Waals surface area contributed by atoms with Crippen molar-refractivity contribution in [2.75, 3.05) is 13.7 Å². The average Bonchev–Trinajstić information content (AvgIpc) is 2.24. The van der Waals surface area contributed by atoms with Gasteiger partial charge in [0.15, 0.2) is 0 Å². The number of halogens is 1. The zero-order valence-electron chi connectivity index (χ0n) is 11.3. The van der Waals surface area contributed by atoms with Crippen molar-refractivity contribution in [1.82, 2.24) is 5.32 Å². The molecule has 0 saturated carbocycles. The molecule has 1 atom stereocenters. The van der Waals surface area contributed by atoms with Crippen LogP contribution in [-0.2, 0) is 0 Å². The first-order valence-corrected chi connectivity index (χ1v) is 6.76. The van der Waals surface area contributed by atoms with Crippen molar-refractivity contribution < 1.29 is 4.74 Å². The van der Waals surface area contributed by atoms with E-state index in [2.05, 4.69) is 61.1 Å². The summed E-state index contributed by atoms with van der Waals surface area (Å²) in [6.07, 6.45) is 0. The lowest BCUT2D eigenvalue weighted by Crippen LogP contribution is -2.32. The molecule has 1 rings (SSSR count). The van der Waals surface area contributed by atoms with Crippen LogP contribution in [0.25, 0.3) is 0 Å². The molecule has 3 heteroatoms. The molecule has 1 unspecified atom stereocenters. The third-order valence-corrected chi connectivity index (χ3v) is 3.40. The molecule has 1 aromatic rings. The van der Waals surface area contributed by atoms with E-state index in [9.17, 15) is 0 Å². The molecule has 0 aliphatic heterocycles. The number of benzene rings is 1. The highest BCUT2D eigenvalue weighted by Crippen LogP contribution is 2.36. The fraction of sp³-hybridized carbons (Fsp3) is 0.571. The van der Waals surface area contributed by atoms with Crippen LogP contribution < -0.4 is 10.1 Å². The standard InChI is InChI=1S/C14H22BrNO/c1-6-16-13(14(2,3)4)10-7-8-12(17-5)11(15)9-10/h7-9,13,16H,6H2,1-5H3. The maximum Gasteiger partial charge on any atom is 0.133 e. The molecule has 1 aromatic carbocycles. The lowest BCUT2D eigenvalue weighted by Gasteiger charge is -2.32. The van der Waals surface area contributed by atoms with E-state index >= 15 is 0 Å². The molecule has 0 saturated heterocycles. The summed E-state index contributed by atoms with van der Waals surface area (Å²) >= 11 is 3.54. The lowest BCUT2D eigenvalue weighted by atomic mass is 9.82. The van der Waals surface area contributed by atoms with E-state index in [0.717, 1.165) is 16.8 Å². The van der Waals surface area contributed by atoms with Gasteiger partial charge in [-0.3, -0.25) is 0 Å². The summed E-state index contributed by atoms with van der Waals surface area (Å²) in [4.78, 5) is 0. The summed E-state index contributed by atoms with van der Waals surface area (Å²) in [6, 6.07) is 6.62. The van der Waals surface area contributed by atoms with Gasteiger partial charge in [0, 0.05) is 6.04 Å². The Balaban J connectivity index is 3.07. The first-order chi connectivity index (χ1) is 7.90. The van der Waals surface area contributed by atoms with Crippen molar-refractivity contribution in [2.45, 2.75) is 33.7 Å². The molecule has 2 nitrogen and oxygen atoms in total. The predicted molar refractivity (Wildman–Crippen MR) is 76.6 cm³/mol. The van der Waals surface area contributed by atoms with Gasteiger partial charge in [-0.2, -0.15) is 0 Å².